The second-order valence-electron chi connectivity index (χ2n) is 5.44. The zero-order chi connectivity index (χ0) is 18.4. The van der Waals surface area contributed by atoms with Gasteiger partial charge in [0.2, 0.25) is 0 Å². The number of nitrogens with one attached hydrogen (secondary N) is 1. The van der Waals surface area contributed by atoms with Crippen molar-refractivity contribution in [3.63, 3.8) is 0 Å². The summed E-state index contributed by atoms with van der Waals surface area (Å²) in [6.45, 7) is 0.303. The predicted molar refractivity (Wildman–Crippen MR) is 101 cm³/mol. The Bertz CT molecular complexity index is 901. The molecule has 0 atom stereocenters. The zero-order valence-corrected chi connectivity index (χ0v) is 14.9. The quantitative estimate of drug-likeness (QED) is 0.692. The van der Waals surface area contributed by atoms with Crippen LogP contribution in [0.2, 0.25) is 5.02 Å². The molecule has 0 aliphatic rings. The Balaban J connectivity index is 1.73. The van der Waals surface area contributed by atoms with E-state index in [2.05, 4.69) is 10.3 Å². The molecule has 0 radical (unpaired) electrons. The van der Waals surface area contributed by atoms with Crippen LogP contribution in [0, 0.1) is 0 Å². The molecule has 0 aliphatic carbocycles. The molecule has 132 valence electrons. The Hall–Kier alpha value is -3.05. The molecular weight excluding hydrogens is 352 g/mol. The van der Waals surface area contributed by atoms with E-state index < -0.39 is 0 Å². The highest BCUT2D eigenvalue weighted by Gasteiger charge is 2.12. The third-order valence-electron chi connectivity index (χ3n) is 3.69. The first-order valence-corrected chi connectivity index (χ1v) is 8.31. The van der Waals surface area contributed by atoms with E-state index in [1.807, 2.05) is 24.3 Å². The smallest absolute Gasteiger partial charge is 0.255 e. The van der Waals surface area contributed by atoms with Gasteiger partial charge >= 0.3 is 0 Å². The normalized spacial score (nSPS) is 10.2. The number of pyridine rings is 1. The van der Waals surface area contributed by atoms with Crippen LogP contribution in [0.4, 0.5) is 5.69 Å². The van der Waals surface area contributed by atoms with Crippen molar-refractivity contribution in [1.29, 1.82) is 0 Å². The van der Waals surface area contributed by atoms with Crippen molar-refractivity contribution in [3.05, 3.63) is 83.1 Å². The molecule has 1 amide bonds. The molecule has 0 aliphatic heterocycles. The van der Waals surface area contributed by atoms with Gasteiger partial charge in [-0.1, -0.05) is 29.8 Å². The molecule has 0 fully saturated rings. The molecule has 0 saturated carbocycles. The number of nitrogens with zero attached hydrogens (tertiary/aromatic N) is 1. The van der Waals surface area contributed by atoms with Crippen LogP contribution in [0.5, 0.6) is 11.5 Å². The van der Waals surface area contributed by atoms with Crippen LogP contribution in [0.25, 0.3) is 0 Å². The van der Waals surface area contributed by atoms with E-state index in [1.165, 1.54) is 7.11 Å². The van der Waals surface area contributed by atoms with Crippen molar-refractivity contribution in [2.45, 2.75) is 6.61 Å². The molecule has 1 N–H and O–H groups in total. The number of hydrogen-bond acceptors (Lipinski definition) is 4. The first-order valence-electron chi connectivity index (χ1n) is 7.93. The van der Waals surface area contributed by atoms with E-state index in [4.69, 9.17) is 21.1 Å². The molecule has 5 nitrogen and oxygen atoms in total. The van der Waals surface area contributed by atoms with E-state index in [0.717, 1.165) is 5.56 Å². The minimum absolute atomic E-state index is 0.256. The zero-order valence-electron chi connectivity index (χ0n) is 14.1. The van der Waals surface area contributed by atoms with Crippen molar-refractivity contribution in [3.8, 4) is 11.5 Å². The lowest BCUT2D eigenvalue weighted by atomic mass is 10.2. The minimum atomic E-state index is -0.256. The van der Waals surface area contributed by atoms with Crippen molar-refractivity contribution in [2.24, 2.45) is 0 Å². The number of rotatable bonds is 6. The summed E-state index contributed by atoms with van der Waals surface area (Å²) in [5.74, 6) is 0.746. The van der Waals surface area contributed by atoms with Crippen LogP contribution in [0.3, 0.4) is 0 Å². The number of amides is 1. The van der Waals surface area contributed by atoms with Gasteiger partial charge < -0.3 is 14.8 Å². The molecule has 1 aromatic heterocycles. The lowest BCUT2D eigenvalue weighted by Gasteiger charge is -2.13. The molecule has 3 rings (SSSR count). The third kappa shape index (κ3) is 4.32. The summed E-state index contributed by atoms with van der Waals surface area (Å²) in [7, 11) is 1.53. The Morgan fingerprint density at radius 1 is 1.12 bits per heavy atom. The predicted octanol–water partition coefficient (Wildman–Crippen LogP) is 4.57. The summed E-state index contributed by atoms with van der Waals surface area (Å²) in [6.07, 6.45) is 3.22. The first kappa shape index (κ1) is 17.8. The average molecular weight is 369 g/mol. The summed E-state index contributed by atoms with van der Waals surface area (Å²) < 4.78 is 11.2. The molecule has 1 heterocycles. The molecule has 0 bridgehead atoms. The Morgan fingerprint density at radius 2 is 1.96 bits per heavy atom. The van der Waals surface area contributed by atoms with E-state index in [9.17, 15) is 4.79 Å². The monoisotopic (exact) mass is 368 g/mol. The standard InChI is InChI=1S/C20H17ClN2O3/c1-25-19-11-14(20(24)23-16-6-4-10-22-12-16)8-9-18(19)26-13-15-5-2-3-7-17(15)21/h2-12H,13H2,1H3,(H,23,24). The second kappa shape index (κ2) is 8.36. The Kier molecular flexibility index (Phi) is 5.71. The number of carbonyl (C=O) groups excluding carboxylic acids is 1. The summed E-state index contributed by atoms with van der Waals surface area (Å²) in [5.41, 5.74) is 1.95. The maximum absolute atomic E-state index is 12.4. The van der Waals surface area contributed by atoms with Gasteiger partial charge in [-0.3, -0.25) is 9.78 Å². The van der Waals surface area contributed by atoms with Gasteiger partial charge in [0.1, 0.15) is 6.61 Å². The summed E-state index contributed by atoms with van der Waals surface area (Å²) in [5, 5.41) is 3.42. The number of carbonyl (C=O) groups is 1. The Labute approximate surface area is 156 Å². The van der Waals surface area contributed by atoms with Gasteiger partial charge in [0.05, 0.1) is 19.0 Å². The molecule has 0 unspecified atom stereocenters. The molecule has 26 heavy (non-hydrogen) atoms. The second-order valence-corrected chi connectivity index (χ2v) is 5.85. The SMILES string of the molecule is COc1cc(C(=O)Nc2cccnc2)ccc1OCc1ccccc1Cl. The van der Waals surface area contributed by atoms with E-state index >= 15 is 0 Å². The topological polar surface area (TPSA) is 60.5 Å². The van der Waals surface area contributed by atoms with Gasteiger partial charge in [0.15, 0.2) is 11.5 Å². The lowest BCUT2D eigenvalue weighted by Crippen LogP contribution is -2.12. The summed E-state index contributed by atoms with van der Waals surface area (Å²) in [4.78, 5) is 16.3. The third-order valence-corrected chi connectivity index (χ3v) is 4.05. The number of halogens is 1. The number of anilines is 1. The number of methoxy groups -OCH3 is 1. The average Bonchev–Trinajstić information content (AvgIpc) is 2.68. The van der Waals surface area contributed by atoms with Crippen LogP contribution in [-0.2, 0) is 6.61 Å². The molecule has 2 aromatic carbocycles. The van der Waals surface area contributed by atoms with Crippen LogP contribution < -0.4 is 14.8 Å². The molecule has 0 saturated heterocycles. The highest BCUT2D eigenvalue weighted by Crippen LogP contribution is 2.30. The number of aromatic nitrogens is 1. The highest BCUT2D eigenvalue weighted by molar-refractivity contribution is 6.31. The van der Waals surface area contributed by atoms with Crippen molar-refractivity contribution in [2.75, 3.05) is 12.4 Å². The van der Waals surface area contributed by atoms with Crippen molar-refractivity contribution in [1.82, 2.24) is 4.98 Å². The molecular formula is C20H17ClN2O3. The largest absolute Gasteiger partial charge is 0.493 e. The van der Waals surface area contributed by atoms with Crippen molar-refractivity contribution >= 4 is 23.2 Å². The maximum atomic E-state index is 12.4. The van der Waals surface area contributed by atoms with E-state index in [-0.39, 0.29) is 5.91 Å². The van der Waals surface area contributed by atoms with E-state index in [1.54, 1.807) is 42.7 Å². The van der Waals surface area contributed by atoms with Gasteiger partial charge in [-0.05, 0) is 36.4 Å². The van der Waals surface area contributed by atoms with Gasteiger partial charge in [0.25, 0.3) is 5.91 Å². The van der Waals surface area contributed by atoms with Gasteiger partial charge in [-0.15, -0.1) is 0 Å². The molecule has 6 heteroatoms. The van der Waals surface area contributed by atoms with Crippen LogP contribution in [0.1, 0.15) is 15.9 Å². The number of benzene rings is 2. The summed E-state index contributed by atoms with van der Waals surface area (Å²) >= 11 is 6.14. The van der Waals surface area contributed by atoms with Crippen LogP contribution in [0.15, 0.2) is 67.0 Å². The number of hydrogen-bond donors (Lipinski definition) is 1. The van der Waals surface area contributed by atoms with Gasteiger partial charge in [-0.2, -0.15) is 0 Å². The molecule has 3 aromatic rings. The highest BCUT2D eigenvalue weighted by atomic mass is 35.5. The fourth-order valence-corrected chi connectivity index (χ4v) is 2.53. The molecule has 0 spiro atoms. The van der Waals surface area contributed by atoms with Crippen LogP contribution in [-0.4, -0.2) is 18.0 Å². The van der Waals surface area contributed by atoms with E-state index in [0.29, 0.717) is 34.4 Å². The fraction of sp³-hybridized carbons (Fsp3) is 0.100. The van der Waals surface area contributed by atoms with Gasteiger partial charge in [0, 0.05) is 22.3 Å². The Morgan fingerprint density at radius 3 is 2.69 bits per heavy atom. The van der Waals surface area contributed by atoms with Crippen LogP contribution >= 0.6 is 11.6 Å². The number of ether oxygens (including phenoxy) is 2. The van der Waals surface area contributed by atoms with Crippen molar-refractivity contribution < 1.29 is 14.3 Å². The fourth-order valence-electron chi connectivity index (χ4n) is 2.34. The lowest BCUT2D eigenvalue weighted by molar-refractivity contribution is 0.102. The first-order chi connectivity index (χ1) is 12.7. The van der Waals surface area contributed by atoms with Gasteiger partial charge in [-0.25, -0.2) is 0 Å². The minimum Gasteiger partial charge on any atom is -0.493 e. The maximum Gasteiger partial charge on any atom is 0.255 e. The summed E-state index contributed by atoms with van der Waals surface area (Å²) in [6, 6.07) is 16.0.